The number of fused-ring (bicyclic) bond motifs is 3. The van der Waals surface area contributed by atoms with Gasteiger partial charge < -0.3 is 5.32 Å². The molecule has 0 bridgehead atoms. The van der Waals surface area contributed by atoms with Crippen LogP contribution in [0.4, 0.5) is 0 Å². The fraction of sp³-hybridized carbons (Fsp3) is 0.455. The van der Waals surface area contributed by atoms with Crippen molar-refractivity contribution in [2.24, 2.45) is 11.3 Å². The van der Waals surface area contributed by atoms with Gasteiger partial charge in [0.25, 0.3) is 5.56 Å². The number of thiophene rings is 1. The second kappa shape index (κ2) is 7.71. The van der Waals surface area contributed by atoms with Crippen molar-refractivity contribution in [3.05, 3.63) is 56.7 Å². The highest BCUT2D eigenvalue weighted by atomic mass is 32.1. The van der Waals surface area contributed by atoms with Crippen molar-refractivity contribution in [3.8, 4) is 0 Å². The van der Waals surface area contributed by atoms with E-state index < -0.39 is 0 Å². The lowest BCUT2D eigenvalue weighted by molar-refractivity contribution is -0.122. The number of carbonyl (C=O) groups is 1. The van der Waals surface area contributed by atoms with Crippen LogP contribution in [-0.4, -0.2) is 20.9 Å². The predicted octanol–water partition coefficient (Wildman–Crippen LogP) is 3.32. The summed E-state index contributed by atoms with van der Waals surface area (Å²) in [7, 11) is 0. The SMILES string of the molecule is CC(C)(C)C1CCc2c(sc3nnn(CC(=O)NCc4ccccc4)c(=O)c23)C1. The van der Waals surface area contributed by atoms with Gasteiger partial charge in [0.15, 0.2) is 4.83 Å². The van der Waals surface area contributed by atoms with Crippen LogP contribution in [-0.2, 0) is 30.7 Å². The molecule has 7 heteroatoms. The van der Waals surface area contributed by atoms with Gasteiger partial charge in [-0.1, -0.05) is 56.3 Å². The summed E-state index contributed by atoms with van der Waals surface area (Å²) in [6.07, 6.45) is 2.94. The summed E-state index contributed by atoms with van der Waals surface area (Å²) in [6, 6.07) is 9.67. The Kier molecular flexibility index (Phi) is 5.25. The van der Waals surface area contributed by atoms with E-state index in [1.54, 1.807) is 11.3 Å². The lowest BCUT2D eigenvalue weighted by atomic mass is 9.72. The first-order valence-electron chi connectivity index (χ1n) is 10.0. The zero-order valence-electron chi connectivity index (χ0n) is 17.1. The Morgan fingerprint density at radius 3 is 2.76 bits per heavy atom. The van der Waals surface area contributed by atoms with E-state index in [2.05, 4.69) is 36.4 Å². The van der Waals surface area contributed by atoms with E-state index in [9.17, 15) is 9.59 Å². The van der Waals surface area contributed by atoms with Gasteiger partial charge >= 0.3 is 0 Å². The summed E-state index contributed by atoms with van der Waals surface area (Å²) in [4.78, 5) is 27.3. The molecule has 29 heavy (non-hydrogen) atoms. The van der Waals surface area contributed by atoms with Crippen molar-refractivity contribution in [2.75, 3.05) is 0 Å². The topological polar surface area (TPSA) is 76.9 Å². The van der Waals surface area contributed by atoms with Crippen LogP contribution in [0.15, 0.2) is 35.1 Å². The van der Waals surface area contributed by atoms with Gasteiger partial charge in [-0.15, -0.1) is 16.4 Å². The highest BCUT2D eigenvalue weighted by Gasteiger charge is 2.32. The van der Waals surface area contributed by atoms with Crippen molar-refractivity contribution in [1.29, 1.82) is 0 Å². The number of hydrogen-bond donors (Lipinski definition) is 1. The second-order valence-corrected chi connectivity index (χ2v) is 9.89. The summed E-state index contributed by atoms with van der Waals surface area (Å²) in [5.41, 5.74) is 2.16. The van der Waals surface area contributed by atoms with Crippen LogP contribution in [0.25, 0.3) is 10.2 Å². The predicted molar refractivity (Wildman–Crippen MR) is 115 cm³/mol. The minimum atomic E-state index is -0.249. The molecular weight excluding hydrogens is 384 g/mol. The molecule has 1 amide bonds. The minimum Gasteiger partial charge on any atom is -0.350 e. The fourth-order valence-electron chi connectivity index (χ4n) is 3.96. The summed E-state index contributed by atoms with van der Waals surface area (Å²) < 4.78 is 1.19. The monoisotopic (exact) mass is 410 g/mol. The van der Waals surface area contributed by atoms with Gasteiger partial charge in [0, 0.05) is 11.4 Å². The summed E-state index contributed by atoms with van der Waals surface area (Å²) in [5.74, 6) is 0.350. The van der Waals surface area contributed by atoms with Crippen LogP contribution in [0.3, 0.4) is 0 Å². The fourth-order valence-corrected chi connectivity index (χ4v) is 5.19. The molecule has 1 unspecified atom stereocenters. The van der Waals surface area contributed by atoms with Crippen molar-refractivity contribution in [1.82, 2.24) is 20.3 Å². The number of amides is 1. The third-order valence-corrected chi connectivity index (χ3v) is 6.93. The molecule has 2 aromatic heterocycles. The Bertz CT molecular complexity index is 1100. The number of rotatable bonds is 4. The van der Waals surface area contributed by atoms with E-state index in [0.29, 0.717) is 22.7 Å². The van der Waals surface area contributed by atoms with Gasteiger partial charge in [-0.3, -0.25) is 9.59 Å². The van der Waals surface area contributed by atoms with Crippen molar-refractivity contribution >= 4 is 27.5 Å². The Morgan fingerprint density at radius 1 is 1.28 bits per heavy atom. The number of nitrogens with zero attached hydrogens (tertiary/aromatic N) is 3. The van der Waals surface area contributed by atoms with Crippen LogP contribution in [0.5, 0.6) is 0 Å². The largest absolute Gasteiger partial charge is 0.350 e. The van der Waals surface area contributed by atoms with Gasteiger partial charge in [0.1, 0.15) is 6.54 Å². The molecule has 2 heterocycles. The summed E-state index contributed by atoms with van der Waals surface area (Å²) in [5, 5.41) is 11.8. The van der Waals surface area contributed by atoms with Gasteiger partial charge in [0.2, 0.25) is 5.91 Å². The van der Waals surface area contributed by atoms with Crippen molar-refractivity contribution in [3.63, 3.8) is 0 Å². The number of nitrogens with one attached hydrogen (secondary N) is 1. The van der Waals surface area contributed by atoms with E-state index in [4.69, 9.17) is 0 Å². The lowest BCUT2D eigenvalue weighted by Gasteiger charge is -2.33. The molecule has 0 saturated heterocycles. The average Bonchev–Trinajstić information content (AvgIpc) is 3.07. The molecule has 1 aliphatic carbocycles. The summed E-state index contributed by atoms with van der Waals surface area (Å²) in [6.45, 7) is 7.13. The maximum atomic E-state index is 13.0. The maximum absolute atomic E-state index is 13.0. The van der Waals surface area contributed by atoms with Crippen molar-refractivity contribution < 1.29 is 4.79 Å². The van der Waals surface area contributed by atoms with Crippen LogP contribution >= 0.6 is 11.3 Å². The quantitative estimate of drug-likeness (QED) is 0.716. The Morgan fingerprint density at radius 2 is 2.03 bits per heavy atom. The molecule has 6 nitrogen and oxygen atoms in total. The Labute approximate surface area is 173 Å². The zero-order valence-corrected chi connectivity index (χ0v) is 17.9. The van der Waals surface area contributed by atoms with Gasteiger partial charge in [0.05, 0.1) is 5.39 Å². The molecule has 0 saturated carbocycles. The first-order chi connectivity index (χ1) is 13.8. The van der Waals surface area contributed by atoms with E-state index in [0.717, 1.165) is 30.4 Å². The normalized spacial score (nSPS) is 16.6. The van der Waals surface area contributed by atoms with Crippen molar-refractivity contribution in [2.45, 2.75) is 53.1 Å². The van der Waals surface area contributed by atoms with Crippen LogP contribution < -0.4 is 10.9 Å². The molecule has 3 aromatic rings. The van der Waals surface area contributed by atoms with Crippen LogP contribution in [0.2, 0.25) is 0 Å². The van der Waals surface area contributed by atoms with Gasteiger partial charge in [-0.25, -0.2) is 4.68 Å². The number of carbonyl (C=O) groups excluding carboxylic acids is 1. The minimum absolute atomic E-state index is 0.121. The van der Waals surface area contributed by atoms with E-state index in [-0.39, 0.29) is 23.4 Å². The average molecular weight is 411 g/mol. The smallest absolute Gasteiger partial charge is 0.279 e. The molecule has 1 aliphatic rings. The molecule has 0 spiro atoms. The number of benzene rings is 1. The molecular formula is C22H26N4O2S. The first kappa shape index (κ1) is 19.8. The number of hydrogen-bond acceptors (Lipinski definition) is 5. The van der Waals surface area contributed by atoms with Crippen LogP contribution in [0.1, 0.15) is 43.2 Å². The molecule has 1 N–H and O–H groups in total. The Balaban J connectivity index is 1.54. The molecule has 4 rings (SSSR count). The molecule has 0 radical (unpaired) electrons. The number of aryl methyl sites for hydroxylation is 1. The first-order valence-corrected chi connectivity index (χ1v) is 10.8. The van der Waals surface area contributed by atoms with E-state index in [1.807, 2.05) is 30.3 Å². The molecule has 152 valence electrons. The molecule has 1 aromatic carbocycles. The maximum Gasteiger partial charge on any atom is 0.279 e. The molecule has 0 aliphatic heterocycles. The van der Waals surface area contributed by atoms with Crippen LogP contribution in [0, 0.1) is 11.3 Å². The van der Waals surface area contributed by atoms with Gasteiger partial charge in [-0.05, 0) is 41.7 Å². The number of aromatic nitrogens is 3. The third-order valence-electron chi connectivity index (χ3n) is 5.79. The highest BCUT2D eigenvalue weighted by Crippen LogP contribution is 2.41. The molecule has 1 atom stereocenters. The summed E-state index contributed by atoms with van der Waals surface area (Å²) >= 11 is 1.58. The van der Waals surface area contributed by atoms with E-state index in [1.165, 1.54) is 9.56 Å². The zero-order chi connectivity index (χ0) is 20.6. The third kappa shape index (κ3) is 4.10. The Hall–Kier alpha value is -2.54. The second-order valence-electron chi connectivity index (χ2n) is 8.80. The lowest BCUT2D eigenvalue weighted by Crippen LogP contribution is -2.34. The molecule has 0 fully saturated rings. The van der Waals surface area contributed by atoms with E-state index >= 15 is 0 Å². The highest BCUT2D eigenvalue weighted by molar-refractivity contribution is 7.18. The standard InChI is InChI=1S/C22H26N4O2S/c1-22(2,3)15-9-10-16-17(11-15)29-20-19(16)21(28)26(25-24-20)13-18(27)23-12-14-7-5-4-6-8-14/h4-8,15H,9-13H2,1-3H3,(H,23,27). The van der Waals surface area contributed by atoms with Gasteiger partial charge in [-0.2, -0.15) is 0 Å².